The van der Waals surface area contributed by atoms with E-state index in [1.54, 1.807) is 25.1 Å². The number of nitrogens with one attached hydrogen (secondary N) is 2. The molecule has 0 aliphatic carbocycles. The Morgan fingerprint density at radius 3 is 2.67 bits per heavy atom. The van der Waals surface area contributed by atoms with Crippen LogP contribution < -0.4 is 10.6 Å². The summed E-state index contributed by atoms with van der Waals surface area (Å²) in [6.07, 6.45) is 0. The van der Waals surface area contributed by atoms with Crippen molar-refractivity contribution in [2.75, 3.05) is 0 Å². The van der Waals surface area contributed by atoms with Gasteiger partial charge in [-0.15, -0.1) is 0 Å². The van der Waals surface area contributed by atoms with E-state index < -0.39 is 18.0 Å². The Labute approximate surface area is 104 Å². The quantitative estimate of drug-likeness (QED) is 0.769. The van der Waals surface area contributed by atoms with E-state index in [1.165, 1.54) is 0 Å². The first-order valence-corrected chi connectivity index (χ1v) is 5.34. The number of amides is 3. The molecule has 2 N–H and O–H groups in total. The molecule has 0 spiro atoms. The van der Waals surface area contributed by atoms with Gasteiger partial charge in [-0.2, -0.15) is 5.26 Å². The van der Waals surface area contributed by atoms with Crippen LogP contribution in [0.3, 0.4) is 0 Å². The second kappa shape index (κ2) is 4.34. The SMILES string of the molecule is C=C(C)c1cc(C#N)ccc1C1NC(=O)NC1=O. The van der Waals surface area contributed by atoms with Gasteiger partial charge in [0.1, 0.15) is 6.04 Å². The van der Waals surface area contributed by atoms with Crippen molar-refractivity contribution in [2.24, 2.45) is 0 Å². The number of urea groups is 1. The number of benzene rings is 1. The Morgan fingerprint density at radius 2 is 2.17 bits per heavy atom. The van der Waals surface area contributed by atoms with Crippen molar-refractivity contribution in [1.29, 1.82) is 5.26 Å². The van der Waals surface area contributed by atoms with Gasteiger partial charge in [0.25, 0.3) is 5.91 Å². The summed E-state index contributed by atoms with van der Waals surface area (Å²) in [5.41, 5.74) is 2.57. The van der Waals surface area contributed by atoms with Crippen LogP contribution >= 0.6 is 0 Å². The number of hydrogen-bond donors (Lipinski definition) is 2. The van der Waals surface area contributed by atoms with E-state index >= 15 is 0 Å². The van der Waals surface area contributed by atoms with Gasteiger partial charge in [0.2, 0.25) is 0 Å². The molecule has 0 aromatic heterocycles. The summed E-state index contributed by atoms with van der Waals surface area (Å²) in [7, 11) is 0. The lowest BCUT2D eigenvalue weighted by atomic mass is 9.94. The molecule has 2 rings (SSSR count). The van der Waals surface area contributed by atoms with Crippen molar-refractivity contribution in [3.63, 3.8) is 0 Å². The monoisotopic (exact) mass is 241 g/mol. The summed E-state index contributed by atoms with van der Waals surface area (Å²) in [6, 6.07) is 5.73. The average Bonchev–Trinajstić information content (AvgIpc) is 2.67. The smallest absolute Gasteiger partial charge is 0.322 e. The van der Waals surface area contributed by atoms with E-state index in [0.717, 1.165) is 5.57 Å². The fourth-order valence-corrected chi connectivity index (χ4v) is 1.88. The Bertz CT molecular complexity index is 599. The Balaban J connectivity index is 2.51. The van der Waals surface area contributed by atoms with Crippen LogP contribution in [0.1, 0.15) is 29.7 Å². The molecule has 0 saturated carbocycles. The highest BCUT2D eigenvalue weighted by atomic mass is 16.2. The van der Waals surface area contributed by atoms with Gasteiger partial charge in [0.05, 0.1) is 11.6 Å². The zero-order valence-corrected chi connectivity index (χ0v) is 9.78. The third-order valence-electron chi connectivity index (χ3n) is 2.73. The Kier molecular flexibility index (Phi) is 2.86. The second-order valence-corrected chi connectivity index (χ2v) is 4.09. The number of carbonyl (C=O) groups excluding carboxylic acids is 2. The van der Waals surface area contributed by atoms with Gasteiger partial charge in [-0.3, -0.25) is 10.1 Å². The highest BCUT2D eigenvalue weighted by molar-refractivity contribution is 6.05. The van der Waals surface area contributed by atoms with Crippen LogP contribution in [0.5, 0.6) is 0 Å². The lowest BCUT2D eigenvalue weighted by molar-refractivity contribution is -0.120. The number of hydrogen-bond acceptors (Lipinski definition) is 3. The summed E-state index contributed by atoms with van der Waals surface area (Å²) < 4.78 is 0. The maximum Gasteiger partial charge on any atom is 0.322 e. The van der Waals surface area contributed by atoms with Crippen molar-refractivity contribution in [3.05, 3.63) is 41.5 Å². The Morgan fingerprint density at radius 1 is 1.44 bits per heavy atom. The normalized spacial score (nSPS) is 17.9. The molecule has 1 fully saturated rings. The zero-order chi connectivity index (χ0) is 13.3. The van der Waals surface area contributed by atoms with Gasteiger partial charge in [-0.05, 0) is 30.2 Å². The van der Waals surface area contributed by atoms with Crippen LogP contribution in [0, 0.1) is 11.3 Å². The third-order valence-corrected chi connectivity index (χ3v) is 2.73. The Hall–Kier alpha value is -2.61. The zero-order valence-electron chi connectivity index (χ0n) is 9.78. The summed E-state index contributed by atoms with van der Waals surface area (Å²) >= 11 is 0. The van der Waals surface area contributed by atoms with Crippen molar-refractivity contribution < 1.29 is 9.59 Å². The minimum Gasteiger partial charge on any atom is -0.322 e. The molecule has 5 heteroatoms. The second-order valence-electron chi connectivity index (χ2n) is 4.09. The van der Waals surface area contributed by atoms with E-state index in [2.05, 4.69) is 17.2 Å². The van der Waals surface area contributed by atoms with Crippen LogP contribution in [0.2, 0.25) is 0 Å². The molecule has 1 aliphatic heterocycles. The molecule has 0 bridgehead atoms. The average molecular weight is 241 g/mol. The molecular weight excluding hydrogens is 230 g/mol. The van der Waals surface area contributed by atoms with Gasteiger partial charge < -0.3 is 5.32 Å². The number of rotatable bonds is 2. The van der Waals surface area contributed by atoms with Crippen molar-refractivity contribution >= 4 is 17.5 Å². The van der Waals surface area contributed by atoms with Gasteiger partial charge in [-0.25, -0.2) is 4.79 Å². The highest BCUT2D eigenvalue weighted by Crippen LogP contribution is 2.26. The molecule has 5 nitrogen and oxygen atoms in total. The van der Waals surface area contributed by atoms with Crippen LogP contribution in [0.25, 0.3) is 5.57 Å². The van der Waals surface area contributed by atoms with E-state index in [0.29, 0.717) is 16.7 Å². The van der Waals surface area contributed by atoms with E-state index in [4.69, 9.17) is 5.26 Å². The van der Waals surface area contributed by atoms with Gasteiger partial charge in [0.15, 0.2) is 0 Å². The number of allylic oxidation sites excluding steroid dienone is 1. The predicted octanol–water partition coefficient (Wildman–Crippen LogP) is 1.47. The number of carbonyl (C=O) groups is 2. The van der Waals surface area contributed by atoms with Crippen molar-refractivity contribution in [1.82, 2.24) is 10.6 Å². The van der Waals surface area contributed by atoms with Gasteiger partial charge in [-0.1, -0.05) is 18.2 Å². The van der Waals surface area contributed by atoms with Crippen LogP contribution in [-0.4, -0.2) is 11.9 Å². The summed E-state index contributed by atoms with van der Waals surface area (Å²) in [5, 5.41) is 13.6. The van der Waals surface area contributed by atoms with Crippen molar-refractivity contribution in [3.8, 4) is 6.07 Å². The lowest BCUT2D eigenvalue weighted by Crippen LogP contribution is -2.22. The molecular formula is C13H11N3O2. The summed E-state index contributed by atoms with van der Waals surface area (Å²) in [6.45, 7) is 5.61. The molecule has 0 radical (unpaired) electrons. The minimum atomic E-state index is -0.725. The standard InChI is InChI=1S/C13H11N3O2/c1-7(2)10-5-8(6-14)3-4-9(10)11-12(17)16-13(18)15-11/h3-5,11H,1H2,2H3,(H2,15,16,17,18). The fourth-order valence-electron chi connectivity index (χ4n) is 1.88. The molecule has 1 atom stereocenters. The first kappa shape index (κ1) is 11.9. The lowest BCUT2D eigenvalue weighted by Gasteiger charge is -2.13. The van der Waals surface area contributed by atoms with Crippen LogP contribution in [0.15, 0.2) is 24.8 Å². The number of nitriles is 1. The minimum absolute atomic E-state index is 0.396. The molecule has 1 heterocycles. The van der Waals surface area contributed by atoms with Gasteiger partial charge in [0, 0.05) is 0 Å². The van der Waals surface area contributed by atoms with Crippen molar-refractivity contribution in [2.45, 2.75) is 13.0 Å². The van der Waals surface area contributed by atoms with Gasteiger partial charge >= 0.3 is 6.03 Å². The van der Waals surface area contributed by atoms with E-state index in [9.17, 15) is 9.59 Å². The topological polar surface area (TPSA) is 82.0 Å². The maximum atomic E-state index is 11.6. The fraction of sp³-hybridized carbons (Fsp3) is 0.154. The molecule has 1 unspecified atom stereocenters. The van der Waals surface area contributed by atoms with E-state index in [1.807, 2.05) is 6.07 Å². The molecule has 1 aromatic rings. The number of nitrogens with zero attached hydrogens (tertiary/aromatic N) is 1. The van der Waals surface area contributed by atoms with Crippen LogP contribution in [-0.2, 0) is 4.79 Å². The first-order valence-electron chi connectivity index (χ1n) is 5.34. The predicted molar refractivity (Wildman–Crippen MR) is 65.3 cm³/mol. The van der Waals surface area contributed by atoms with Crippen LogP contribution in [0.4, 0.5) is 4.79 Å². The summed E-state index contributed by atoms with van der Waals surface area (Å²) in [5.74, 6) is -0.396. The molecule has 3 amide bonds. The molecule has 90 valence electrons. The molecule has 18 heavy (non-hydrogen) atoms. The van der Waals surface area contributed by atoms with E-state index in [-0.39, 0.29) is 0 Å². The highest BCUT2D eigenvalue weighted by Gasteiger charge is 2.32. The molecule has 1 aromatic carbocycles. The molecule has 1 aliphatic rings. The first-order chi connectivity index (χ1) is 8.52. The molecule has 1 saturated heterocycles. The maximum absolute atomic E-state index is 11.6. The third kappa shape index (κ3) is 1.96. The summed E-state index contributed by atoms with van der Waals surface area (Å²) in [4.78, 5) is 22.7. The largest absolute Gasteiger partial charge is 0.322 e. The number of imide groups is 1.